The van der Waals surface area contributed by atoms with Crippen molar-refractivity contribution < 1.29 is 0 Å². The number of rotatable bonds is 5. The van der Waals surface area contributed by atoms with Crippen LogP contribution in [0.2, 0.25) is 0 Å². The number of hydrogen-bond donors (Lipinski definition) is 2. The Balaban J connectivity index is 2.47. The summed E-state index contributed by atoms with van der Waals surface area (Å²) < 4.78 is 1.74. The summed E-state index contributed by atoms with van der Waals surface area (Å²) >= 11 is 0. The predicted octanol–water partition coefficient (Wildman–Crippen LogP) is 1.78. The van der Waals surface area contributed by atoms with E-state index in [1.807, 2.05) is 7.05 Å². The summed E-state index contributed by atoms with van der Waals surface area (Å²) in [5.41, 5.74) is 0.805. The van der Waals surface area contributed by atoms with Crippen molar-refractivity contribution in [1.29, 1.82) is 0 Å². The quantitative estimate of drug-likeness (QED) is 0.787. The molecule has 0 fully saturated rings. The molecule has 0 unspecified atom stereocenters. The van der Waals surface area contributed by atoms with Gasteiger partial charge in [0, 0.05) is 19.6 Å². The van der Waals surface area contributed by atoms with Crippen molar-refractivity contribution in [3.05, 3.63) is 18.9 Å². The Morgan fingerprint density at radius 1 is 1.44 bits per heavy atom. The zero-order valence-corrected chi connectivity index (χ0v) is 10.9. The molecule has 18 heavy (non-hydrogen) atoms. The monoisotopic (exact) mass is 246 g/mol. The van der Waals surface area contributed by atoms with Crippen LogP contribution in [0.3, 0.4) is 0 Å². The first-order chi connectivity index (χ1) is 8.61. The number of aryl methyl sites for hydroxylation is 1. The maximum atomic E-state index is 4.46. The summed E-state index contributed by atoms with van der Waals surface area (Å²) in [4.78, 5) is 8.89. The highest BCUT2D eigenvalue weighted by atomic mass is 15.3. The molecule has 0 spiro atoms. The number of aromatic nitrogens is 4. The molecule has 0 bridgehead atoms. The molecule has 2 N–H and O–H groups in total. The molecule has 0 saturated carbocycles. The van der Waals surface area contributed by atoms with Gasteiger partial charge < -0.3 is 10.6 Å². The summed E-state index contributed by atoms with van der Waals surface area (Å²) in [6, 6.07) is 0.301. The van der Waals surface area contributed by atoms with Gasteiger partial charge in [0.05, 0.1) is 11.6 Å². The molecule has 2 aromatic rings. The molecule has 6 heteroatoms. The highest BCUT2D eigenvalue weighted by molar-refractivity contribution is 5.87. The standard InChI is InChI=1S/C12H18N6/c1-5-6-13-12-16-10(15-8(2)3)9-7-14-18(4)11(9)17-12/h5,7-8H,1,6H2,2-4H3,(H2,13,15,16,17). The zero-order chi connectivity index (χ0) is 13.1. The molecule has 2 heterocycles. The van der Waals surface area contributed by atoms with Gasteiger partial charge in [0.25, 0.3) is 0 Å². The van der Waals surface area contributed by atoms with E-state index in [-0.39, 0.29) is 0 Å². The summed E-state index contributed by atoms with van der Waals surface area (Å²) in [5.74, 6) is 1.38. The molecule has 2 rings (SSSR count). The summed E-state index contributed by atoms with van der Waals surface area (Å²) in [6.45, 7) is 8.44. The molecule has 0 saturated heterocycles. The summed E-state index contributed by atoms with van der Waals surface area (Å²) in [7, 11) is 1.87. The van der Waals surface area contributed by atoms with Crippen LogP contribution in [0, 0.1) is 0 Å². The lowest BCUT2D eigenvalue weighted by Gasteiger charge is -2.11. The molecular formula is C12H18N6. The fraction of sp³-hybridized carbons (Fsp3) is 0.417. The highest BCUT2D eigenvalue weighted by Crippen LogP contribution is 2.21. The maximum absolute atomic E-state index is 4.46. The van der Waals surface area contributed by atoms with Crippen LogP contribution in [0.4, 0.5) is 11.8 Å². The lowest BCUT2D eigenvalue weighted by Crippen LogP contribution is -2.13. The normalized spacial score (nSPS) is 10.9. The number of nitrogens with one attached hydrogen (secondary N) is 2. The topological polar surface area (TPSA) is 67.7 Å². The van der Waals surface area contributed by atoms with Crippen molar-refractivity contribution in [2.45, 2.75) is 19.9 Å². The van der Waals surface area contributed by atoms with E-state index in [0.29, 0.717) is 18.5 Å². The van der Waals surface area contributed by atoms with Crippen LogP contribution in [0.1, 0.15) is 13.8 Å². The van der Waals surface area contributed by atoms with Gasteiger partial charge in [0.2, 0.25) is 5.95 Å². The van der Waals surface area contributed by atoms with Crippen molar-refractivity contribution in [2.75, 3.05) is 17.2 Å². The van der Waals surface area contributed by atoms with Crippen molar-refractivity contribution in [3.8, 4) is 0 Å². The molecule has 0 aliphatic carbocycles. The number of fused-ring (bicyclic) bond motifs is 1. The predicted molar refractivity (Wildman–Crippen MR) is 73.7 cm³/mol. The molecule has 0 radical (unpaired) electrons. The van der Waals surface area contributed by atoms with Gasteiger partial charge in [-0.15, -0.1) is 6.58 Å². The lowest BCUT2D eigenvalue weighted by atomic mass is 10.3. The van der Waals surface area contributed by atoms with Gasteiger partial charge in [-0.25, -0.2) is 0 Å². The third-order valence-corrected chi connectivity index (χ3v) is 2.42. The smallest absolute Gasteiger partial charge is 0.226 e. The van der Waals surface area contributed by atoms with Gasteiger partial charge in [-0.05, 0) is 13.8 Å². The second-order valence-electron chi connectivity index (χ2n) is 4.37. The second kappa shape index (κ2) is 5.03. The average molecular weight is 246 g/mol. The van der Waals surface area contributed by atoms with Crippen molar-refractivity contribution in [2.24, 2.45) is 7.05 Å². The first-order valence-electron chi connectivity index (χ1n) is 5.93. The minimum absolute atomic E-state index is 0.301. The third kappa shape index (κ3) is 2.42. The fourth-order valence-electron chi connectivity index (χ4n) is 1.65. The Bertz CT molecular complexity index is 557. The first kappa shape index (κ1) is 12.3. The van der Waals surface area contributed by atoms with E-state index in [1.54, 1.807) is 17.0 Å². The van der Waals surface area contributed by atoms with Crippen LogP contribution in [-0.4, -0.2) is 32.3 Å². The van der Waals surface area contributed by atoms with E-state index < -0.39 is 0 Å². The first-order valence-corrected chi connectivity index (χ1v) is 5.93. The summed E-state index contributed by atoms with van der Waals surface area (Å²) in [5, 5.41) is 11.5. The van der Waals surface area contributed by atoms with E-state index >= 15 is 0 Å². The second-order valence-corrected chi connectivity index (χ2v) is 4.37. The van der Waals surface area contributed by atoms with Crippen molar-refractivity contribution >= 4 is 22.8 Å². The minimum Gasteiger partial charge on any atom is -0.367 e. The third-order valence-electron chi connectivity index (χ3n) is 2.42. The fourth-order valence-corrected chi connectivity index (χ4v) is 1.65. The van der Waals surface area contributed by atoms with E-state index in [2.05, 4.69) is 46.1 Å². The molecule has 0 aromatic carbocycles. The van der Waals surface area contributed by atoms with E-state index in [9.17, 15) is 0 Å². The largest absolute Gasteiger partial charge is 0.367 e. The van der Waals surface area contributed by atoms with Gasteiger partial charge in [-0.1, -0.05) is 6.08 Å². The Hall–Kier alpha value is -2.11. The molecule has 0 aliphatic rings. The van der Waals surface area contributed by atoms with Crippen LogP contribution in [0.25, 0.3) is 11.0 Å². The van der Waals surface area contributed by atoms with E-state index in [4.69, 9.17) is 0 Å². The van der Waals surface area contributed by atoms with Gasteiger partial charge in [0.1, 0.15) is 5.82 Å². The molecule has 6 nitrogen and oxygen atoms in total. The van der Waals surface area contributed by atoms with Gasteiger partial charge in [-0.3, -0.25) is 4.68 Å². The Kier molecular flexibility index (Phi) is 3.45. The van der Waals surface area contributed by atoms with Crippen LogP contribution in [0.5, 0.6) is 0 Å². The van der Waals surface area contributed by atoms with Crippen LogP contribution in [0.15, 0.2) is 18.9 Å². The Morgan fingerprint density at radius 3 is 2.89 bits per heavy atom. The Labute approximate surface area is 106 Å². The minimum atomic E-state index is 0.301. The van der Waals surface area contributed by atoms with Crippen molar-refractivity contribution in [1.82, 2.24) is 19.7 Å². The van der Waals surface area contributed by atoms with E-state index in [0.717, 1.165) is 16.9 Å². The summed E-state index contributed by atoms with van der Waals surface area (Å²) in [6.07, 6.45) is 3.55. The van der Waals surface area contributed by atoms with Crippen LogP contribution < -0.4 is 10.6 Å². The molecule has 0 amide bonds. The van der Waals surface area contributed by atoms with Crippen LogP contribution in [-0.2, 0) is 7.05 Å². The highest BCUT2D eigenvalue weighted by Gasteiger charge is 2.11. The van der Waals surface area contributed by atoms with Crippen molar-refractivity contribution in [3.63, 3.8) is 0 Å². The SMILES string of the molecule is C=CCNc1nc(NC(C)C)c2cnn(C)c2n1. The molecule has 2 aromatic heterocycles. The molecule has 0 atom stereocenters. The van der Waals surface area contributed by atoms with Gasteiger partial charge >= 0.3 is 0 Å². The van der Waals surface area contributed by atoms with Gasteiger partial charge in [-0.2, -0.15) is 15.1 Å². The van der Waals surface area contributed by atoms with Gasteiger partial charge in [0.15, 0.2) is 5.65 Å². The zero-order valence-electron chi connectivity index (χ0n) is 10.9. The average Bonchev–Trinajstić information content (AvgIpc) is 2.68. The molecular weight excluding hydrogens is 228 g/mol. The number of nitrogens with zero attached hydrogens (tertiary/aromatic N) is 4. The molecule has 96 valence electrons. The van der Waals surface area contributed by atoms with E-state index in [1.165, 1.54) is 0 Å². The van der Waals surface area contributed by atoms with Crippen LogP contribution >= 0.6 is 0 Å². The maximum Gasteiger partial charge on any atom is 0.226 e. The number of anilines is 2. The molecule has 0 aliphatic heterocycles. The lowest BCUT2D eigenvalue weighted by molar-refractivity contribution is 0.785. The Morgan fingerprint density at radius 2 is 2.22 bits per heavy atom. The number of hydrogen-bond acceptors (Lipinski definition) is 5.